The van der Waals surface area contributed by atoms with Crippen LogP contribution in [0.25, 0.3) is 0 Å². The largest absolute Gasteiger partial charge is 0.497 e. The van der Waals surface area contributed by atoms with Crippen LogP contribution in [0.1, 0.15) is 31.2 Å². The van der Waals surface area contributed by atoms with Crippen LogP contribution in [0, 0.1) is 5.92 Å². The summed E-state index contributed by atoms with van der Waals surface area (Å²) in [5.41, 5.74) is 7.46. The molecule has 2 nitrogen and oxygen atoms in total. The van der Waals surface area contributed by atoms with E-state index < -0.39 is 0 Å². The smallest absolute Gasteiger partial charge is 0.118 e. The Kier molecular flexibility index (Phi) is 3.83. The van der Waals surface area contributed by atoms with Gasteiger partial charge in [0.2, 0.25) is 0 Å². The lowest BCUT2D eigenvalue weighted by molar-refractivity contribution is 0.414. The van der Waals surface area contributed by atoms with E-state index in [4.69, 9.17) is 10.5 Å². The van der Waals surface area contributed by atoms with Gasteiger partial charge in [0, 0.05) is 6.04 Å². The van der Waals surface area contributed by atoms with Crippen molar-refractivity contribution in [2.75, 3.05) is 7.11 Å². The van der Waals surface area contributed by atoms with E-state index in [-0.39, 0.29) is 0 Å². The highest BCUT2D eigenvalue weighted by Gasteiger charge is 2.23. The van der Waals surface area contributed by atoms with Crippen molar-refractivity contribution in [3.8, 4) is 5.75 Å². The fourth-order valence-electron chi connectivity index (χ4n) is 2.57. The lowest BCUT2D eigenvalue weighted by Gasteiger charge is -2.14. The molecular weight excluding hydrogens is 198 g/mol. The molecule has 2 N–H and O–H groups in total. The number of ether oxygens (including phenoxy) is 1. The molecule has 1 saturated carbocycles. The molecule has 1 fully saturated rings. The van der Waals surface area contributed by atoms with E-state index >= 15 is 0 Å². The zero-order valence-corrected chi connectivity index (χ0v) is 9.99. The maximum atomic E-state index is 6.07. The predicted octanol–water partition coefficient (Wildman–Crippen LogP) is 2.76. The number of rotatable bonds is 4. The summed E-state index contributed by atoms with van der Waals surface area (Å²) in [6.07, 6.45) is 6.22. The lowest BCUT2D eigenvalue weighted by Crippen LogP contribution is -2.24. The van der Waals surface area contributed by atoms with Gasteiger partial charge in [0.05, 0.1) is 7.11 Å². The second-order valence-electron chi connectivity index (χ2n) is 4.74. The van der Waals surface area contributed by atoms with Crippen LogP contribution < -0.4 is 10.5 Å². The first kappa shape index (κ1) is 11.5. The Bertz CT molecular complexity index is 320. The van der Waals surface area contributed by atoms with Crippen LogP contribution in [-0.4, -0.2) is 13.2 Å². The van der Waals surface area contributed by atoms with Gasteiger partial charge in [0.25, 0.3) is 0 Å². The van der Waals surface area contributed by atoms with Gasteiger partial charge in [-0.25, -0.2) is 0 Å². The molecular formula is C14H21NO. The summed E-state index contributed by atoms with van der Waals surface area (Å²) in [5, 5.41) is 0. The van der Waals surface area contributed by atoms with Crippen molar-refractivity contribution >= 4 is 0 Å². The third-order valence-electron chi connectivity index (χ3n) is 3.68. The number of hydrogen-bond donors (Lipinski definition) is 1. The average molecular weight is 219 g/mol. The fraction of sp³-hybridized carbons (Fsp3) is 0.571. The van der Waals surface area contributed by atoms with E-state index in [2.05, 4.69) is 12.1 Å². The van der Waals surface area contributed by atoms with Crippen molar-refractivity contribution < 1.29 is 4.74 Å². The summed E-state index contributed by atoms with van der Waals surface area (Å²) in [5.74, 6) is 1.67. The first-order chi connectivity index (χ1) is 7.79. The molecule has 1 aliphatic rings. The maximum absolute atomic E-state index is 6.07. The van der Waals surface area contributed by atoms with Gasteiger partial charge in [0.1, 0.15) is 5.75 Å². The van der Waals surface area contributed by atoms with Crippen molar-refractivity contribution in [3.63, 3.8) is 0 Å². The van der Waals surface area contributed by atoms with Gasteiger partial charge >= 0.3 is 0 Å². The van der Waals surface area contributed by atoms with Crippen molar-refractivity contribution in [2.24, 2.45) is 11.7 Å². The molecule has 0 radical (unpaired) electrons. The number of aryl methyl sites for hydroxylation is 1. The molecule has 2 unspecified atom stereocenters. The zero-order chi connectivity index (χ0) is 11.4. The van der Waals surface area contributed by atoms with Crippen molar-refractivity contribution in [3.05, 3.63) is 29.8 Å². The van der Waals surface area contributed by atoms with E-state index in [1.54, 1.807) is 7.11 Å². The van der Waals surface area contributed by atoms with E-state index in [9.17, 15) is 0 Å². The number of methoxy groups -OCH3 is 1. The summed E-state index contributed by atoms with van der Waals surface area (Å²) >= 11 is 0. The van der Waals surface area contributed by atoms with Crippen LogP contribution in [0.3, 0.4) is 0 Å². The fourth-order valence-corrected chi connectivity index (χ4v) is 2.57. The molecule has 2 atom stereocenters. The minimum atomic E-state index is 0.443. The van der Waals surface area contributed by atoms with Gasteiger partial charge in [-0.1, -0.05) is 18.6 Å². The highest BCUT2D eigenvalue weighted by atomic mass is 16.5. The van der Waals surface area contributed by atoms with Crippen LogP contribution in [-0.2, 0) is 6.42 Å². The molecule has 1 aliphatic carbocycles. The molecule has 16 heavy (non-hydrogen) atoms. The summed E-state index contributed by atoms with van der Waals surface area (Å²) in [7, 11) is 1.70. The van der Waals surface area contributed by atoms with Crippen molar-refractivity contribution in [1.29, 1.82) is 0 Å². The normalized spacial score (nSPS) is 24.6. The lowest BCUT2D eigenvalue weighted by atomic mass is 9.95. The predicted molar refractivity (Wildman–Crippen MR) is 66.6 cm³/mol. The van der Waals surface area contributed by atoms with E-state index in [0.29, 0.717) is 6.04 Å². The molecule has 1 aromatic rings. The summed E-state index contributed by atoms with van der Waals surface area (Å²) in [6.45, 7) is 0. The quantitative estimate of drug-likeness (QED) is 0.845. The molecule has 1 aromatic carbocycles. The molecule has 88 valence electrons. The van der Waals surface area contributed by atoms with Gasteiger partial charge < -0.3 is 10.5 Å². The molecule has 0 spiro atoms. The topological polar surface area (TPSA) is 35.2 Å². The Labute approximate surface area is 97.8 Å². The van der Waals surface area contributed by atoms with E-state index in [0.717, 1.165) is 18.1 Å². The summed E-state index contributed by atoms with van der Waals surface area (Å²) < 4.78 is 5.14. The number of hydrogen-bond acceptors (Lipinski definition) is 2. The van der Waals surface area contributed by atoms with Crippen LogP contribution in [0.2, 0.25) is 0 Å². The molecule has 0 saturated heterocycles. The molecule has 0 aliphatic heterocycles. The second-order valence-corrected chi connectivity index (χ2v) is 4.74. The van der Waals surface area contributed by atoms with Gasteiger partial charge in [-0.3, -0.25) is 0 Å². The maximum Gasteiger partial charge on any atom is 0.118 e. The van der Waals surface area contributed by atoms with Crippen LogP contribution >= 0.6 is 0 Å². The standard InChI is InChI=1S/C14H21NO/c1-16-13-9-6-11(7-10-13)5-8-12-3-2-4-14(12)15/h6-7,9-10,12,14H,2-5,8,15H2,1H3. The van der Waals surface area contributed by atoms with Crippen molar-refractivity contribution in [2.45, 2.75) is 38.1 Å². The van der Waals surface area contributed by atoms with E-state index in [1.165, 1.54) is 31.2 Å². The minimum absolute atomic E-state index is 0.443. The van der Waals surface area contributed by atoms with Gasteiger partial charge in [-0.2, -0.15) is 0 Å². The average Bonchev–Trinajstić information content (AvgIpc) is 2.73. The van der Waals surface area contributed by atoms with Crippen LogP contribution in [0.4, 0.5) is 0 Å². The minimum Gasteiger partial charge on any atom is -0.497 e. The zero-order valence-electron chi connectivity index (χ0n) is 9.99. The first-order valence-corrected chi connectivity index (χ1v) is 6.18. The number of benzene rings is 1. The first-order valence-electron chi connectivity index (χ1n) is 6.18. The highest BCUT2D eigenvalue weighted by Crippen LogP contribution is 2.28. The SMILES string of the molecule is COc1ccc(CCC2CCCC2N)cc1. The molecule has 2 rings (SSSR count). The Morgan fingerprint density at radius 1 is 1.25 bits per heavy atom. The molecule has 0 aromatic heterocycles. The molecule has 2 heteroatoms. The number of nitrogens with two attached hydrogens (primary N) is 1. The van der Waals surface area contributed by atoms with Gasteiger partial charge in [-0.05, 0) is 49.3 Å². The molecule has 0 amide bonds. The van der Waals surface area contributed by atoms with Crippen molar-refractivity contribution in [1.82, 2.24) is 0 Å². The Hall–Kier alpha value is -1.02. The Morgan fingerprint density at radius 2 is 2.00 bits per heavy atom. The Morgan fingerprint density at radius 3 is 2.56 bits per heavy atom. The molecule has 0 bridgehead atoms. The monoisotopic (exact) mass is 219 g/mol. The summed E-state index contributed by atoms with van der Waals surface area (Å²) in [6, 6.07) is 8.81. The van der Waals surface area contributed by atoms with E-state index in [1.807, 2.05) is 12.1 Å². The van der Waals surface area contributed by atoms with Crippen LogP contribution in [0.15, 0.2) is 24.3 Å². The van der Waals surface area contributed by atoms with Gasteiger partial charge in [-0.15, -0.1) is 0 Å². The summed E-state index contributed by atoms with van der Waals surface area (Å²) in [4.78, 5) is 0. The third kappa shape index (κ3) is 2.76. The van der Waals surface area contributed by atoms with Crippen LogP contribution in [0.5, 0.6) is 5.75 Å². The second kappa shape index (κ2) is 5.35. The highest BCUT2D eigenvalue weighted by molar-refractivity contribution is 5.27. The molecule has 0 heterocycles. The third-order valence-corrected chi connectivity index (χ3v) is 3.68. The van der Waals surface area contributed by atoms with Gasteiger partial charge in [0.15, 0.2) is 0 Å². The Balaban J connectivity index is 1.84.